The largest absolute Gasteiger partial charge is 0.353 e. The number of carbonyl (C=O) groups excluding carboxylic acids is 1. The Labute approximate surface area is 182 Å². The number of fused-ring (bicyclic) bond motifs is 1. The minimum atomic E-state index is -3.79. The second-order valence-corrected chi connectivity index (χ2v) is 9.23. The van der Waals surface area contributed by atoms with Crippen LogP contribution in [0.3, 0.4) is 0 Å². The number of nitrogens with one attached hydrogen (secondary N) is 1. The summed E-state index contributed by atoms with van der Waals surface area (Å²) < 4.78 is 28.9. The molecule has 1 aliphatic heterocycles. The Balaban J connectivity index is 1.54. The van der Waals surface area contributed by atoms with Crippen molar-refractivity contribution < 1.29 is 13.2 Å². The number of pyridine rings is 1. The van der Waals surface area contributed by atoms with Gasteiger partial charge in [-0.15, -0.1) is 4.40 Å². The Hall–Kier alpha value is -3.07. The lowest BCUT2D eigenvalue weighted by Crippen LogP contribution is -2.38. The maximum Gasteiger partial charge on any atom is 0.285 e. The van der Waals surface area contributed by atoms with Crippen molar-refractivity contribution in [3.05, 3.63) is 59.9 Å². The van der Waals surface area contributed by atoms with E-state index in [1.807, 2.05) is 6.07 Å². The third kappa shape index (κ3) is 5.16. The van der Waals surface area contributed by atoms with Crippen molar-refractivity contribution >= 4 is 28.0 Å². The molecule has 0 bridgehead atoms. The molecule has 1 saturated carbocycles. The first-order chi connectivity index (χ1) is 15.0. The SMILES string of the molecule is O=C(CCN(/N=C/c1ccccn1)C1=NS(=O)(=O)c2ccccc21)NC1CCCCC1. The summed E-state index contributed by atoms with van der Waals surface area (Å²) in [6.07, 6.45) is 8.86. The maximum absolute atomic E-state index is 12.5. The van der Waals surface area contributed by atoms with Crippen LogP contribution < -0.4 is 5.32 Å². The predicted octanol–water partition coefficient (Wildman–Crippen LogP) is 2.71. The van der Waals surface area contributed by atoms with Gasteiger partial charge < -0.3 is 5.32 Å². The van der Waals surface area contributed by atoms with Crippen LogP contribution in [-0.2, 0) is 14.8 Å². The Morgan fingerprint density at radius 3 is 2.68 bits per heavy atom. The van der Waals surface area contributed by atoms with Gasteiger partial charge in [-0.25, -0.2) is 5.01 Å². The molecular weight excluding hydrogens is 414 g/mol. The summed E-state index contributed by atoms with van der Waals surface area (Å²) in [6.45, 7) is 0.199. The van der Waals surface area contributed by atoms with Crippen molar-refractivity contribution in [3.8, 4) is 0 Å². The standard InChI is InChI=1S/C22H25N5O3S/c28-21(25-17-8-2-1-3-9-17)13-15-27(24-16-18-10-6-7-14-23-18)22-19-11-4-5-12-20(19)31(29,30)26-22/h4-7,10-12,14,16-17H,1-3,8-9,13,15H2,(H,25,28)/b24-16+. The number of carbonyl (C=O) groups is 1. The zero-order valence-corrected chi connectivity index (χ0v) is 18.0. The highest BCUT2D eigenvalue weighted by Crippen LogP contribution is 2.27. The van der Waals surface area contributed by atoms with E-state index in [1.165, 1.54) is 23.7 Å². The van der Waals surface area contributed by atoms with E-state index in [-0.39, 0.29) is 35.6 Å². The number of hydrogen-bond acceptors (Lipinski definition) is 6. The second-order valence-electron chi connectivity index (χ2n) is 7.66. The van der Waals surface area contributed by atoms with Crippen molar-refractivity contribution in [3.63, 3.8) is 0 Å². The minimum absolute atomic E-state index is 0.0697. The predicted molar refractivity (Wildman–Crippen MR) is 118 cm³/mol. The number of hydrogen-bond donors (Lipinski definition) is 1. The first kappa shape index (κ1) is 21.2. The van der Waals surface area contributed by atoms with Crippen molar-refractivity contribution in [1.82, 2.24) is 15.3 Å². The van der Waals surface area contributed by atoms with E-state index in [2.05, 4.69) is 19.8 Å². The number of aromatic nitrogens is 1. The van der Waals surface area contributed by atoms with Crippen molar-refractivity contribution in [2.45, 2.75) is 49.5 Å². The molecule has 1 aromatic heterocycles. The molecule has 162 valence electrons. The summed E-state index contributed by atoms with van der Waals surface area (Å²) >= 11 is 0. The molecule has 2 aliphatic rings. The maximum atomic E-state index is 12.5. The quantitative estimate of drug-likeness (QED) is 0.550. The Morgan fingerprint density at radius 2 is 1.90 bits per heavy atom. The van der Waals surface area contributed by atoms with E-state index >= 15 is 0 Å². The molecule has 0 atom stereocenters. The lowest BCUT2D eigenvalue weighted by molar-refractivity contribution is -0.122. The summed E-state index contributed by atoms with van der Waals surface area (Å²) in [5, 5.41) is 8.99. The molecule has 9 heteroatoms. The molecule has 31 heavy (non-hydrogen) atoms. The zero-order valence-electron chi connectivity index (χ0n) is 17.1. The molecule has 2 heterocycles. The van der Waals surface area contributed by atoms with Crippen LogP contribution in [0.15, 0.2) is 63.1 Å². The molecule has 1 amide bonds. The van der Waals surface area contributed by atoms with Crippen LogP contribution in [0.2, 0.25) is 0 Å². The van der Waals surface area contributed by atoms with Crippen LogP contribution in [0.5, 0.6) is 0 Å². The molecule has 1 N–H and O–H groups in total. The van der Waals surface area contributed by atoms with Crippen molar-refractivity contribution in [2.24, 2.45) is 9.50 Å². The Kier molecular flexibility index (Phi) is 6.41. The first-order valence-electron chi connectivity index (χ1n) is 10.5. The van der Waals surface area contributed by atoms with Gasteiger partial charge in [0.05, 0.1) is 18.5 Å². The molecule has 0 saturated heterocycles. The summed E-state index contributed by atoms with van der Waals surface area (Å²) in [7, 11) is -3.79. The second kappa shape index (κ2) is 9.38. The summed E-state index contributed by atoms with van der Waals surface area (Å²) in [5.74, 6) is 0.146. The van der Waals surface area contributed by atoms with E-state index in [9.17, 15) is 13.2 Å². The third-order valence-corrected chi connectivity index (χ3v) is 6.72. The highest BCUT2D eigenvalue weighted by atomic mass is 32.2. The van der Waals surface area contributed by atoms with E-state index in [1.54, 1.807) is 36.5 Å². The van der Waals surface area contributed by atoms with Crippen LogP contribution in [0.25, 0.3) is 0 Å². The van der Waals surface area contributed by atoms with Gasteiger partial charge in [0, 0.05) is 24.2 Å². The number of nitrogens with zero attached hydrogens (tertiary/aromatic N) is 4. The number of hydrazone groups is 1. The van der Waals surface area contributed by atoms with Crippen LogP contribution in [0, 0.1) is 0 Å². The Bertz CT molecular complexity index is 1090. The van der Waals surface area contributed by atoms with Crippen LogP contribution in [0.1, 0.15) is 49.8 Å². The monoisotopic (exact) mass is 439 g/mol. The van der Waals surface area contributed by atoms with E-state index in [0.717, 1.165) is 25.7 Å². The van der Waals surface area contributed by atoms with Gasteiger partial charge in [-0.3, -0.25) is 9.78 Å². The smallest absolute Gasteiger partial charge is 0.285 e. The number of rotatable bonds is 6. The third-order valence-electron chi connectivity index (χ3n) is 5.40. The summed E-state index contributed by atoms with van der Waals surface area (Å²) in [6, 6.07) is 12.3. The number of sulfonamides is 1. The fraction of sp³-hybridized carbons (Fsp3) is 0.364. The fourth-order valence-electron chi connectivity index (χ4n) is 3.83. The number of amides is 1. The van der Waals surface area contributed by atoms with Crippen LogP contribution in [-0.4, -0.2) is 49.0 Å². The topological polar surface area (TPSA) is 104 Å². The minimum Gasteiger partial charge on any atom is -0.353 e. The van der Waals surface area contributed by atoms with Gasteiger partial charge in [-0.05, 0) is 37.1 Å². The molecule has 0 radical (unpaired) electrons. The number of amidine groups is 1. The van der Waals surface area contributed by atoms with Crippen LogP contribution >= 0.6 is 0 Å². The highest BCUT2D eigenvalue weighted by Gasteiger charge is 2.32. The van der Waals surface area contributed by atoms with Gasteiger partial charge in [0.15, 0.2) is 5.84 Å². The Morgan fingerprint density at radius 1 is 1.13 bits per heavy atom. The zero-order chi connectivity index (χ0) is 21.7. The van der Waals surface area contributed by atoms with Gasteiger partial charge in [0.1, 0.15) is 4.90 Å². The van der Waals surface area contributed by atoms with E-state index in [4.69, 9.17) is 0 Å². The van der Waals surface area contributed by atoms with E-state index in [0.29, 0.717) is 11.3 Å². The molecule has 0 spiro atoms. The number of benzene rings is 1. The molecule has 1 aromatic carbocycles. The molecular formula is C22H25N5O3S. The van der Waals surface area contributed by atoms with Gasteiger partial charge in [-0.2, -0.15) is 13.5 Å². The average molecular weight is 440 g/mol. The lowest BCUT2D eigenvalue weighted by Gasteiger charge is -2.24. The van der Waals surface area contributed by atoms with Crippen molar-refractivity contribution in [1.29, 1.82) is 0 Å². The first-order valence-corrected chi connectivity index (χ1v) is 11.9. The molecule has 1 fully saturated rings. The average Bonchev–Trinajstić information content (AvgIpc) is 3.06. The summed E-state index contributed by atoms with van der Waals surface area (Å²) in [4.78, 5) is 16.9. The molecule has 8 nitrogen and oxygen atoms in total. The van der Waals surface area contributed by atoms with Gasteiger partial charge in [0.2, 0.25) is 5.91 Å². The van der Waals surface area contributed by atoms with Crippen LogP contribution in [0.4, 0.5) is 0 Å². The van der Waals surface area contributed by atoms with E-state index < -0.39 is 10.0 Å². The lowest BCUT2D eigenvalue weighted by atomic mass is 9.95. The normalized spacial score (nSPS) is 17.9. The van der Waals surface area contributed by atoms with Gasteiger partial charge in [0.25, 0.3) is 10.0 Å². The van der Waals surface area contributed by atoms with Gasteiger partial charge in [-0.1, -0.05) is 37.5 Å². The molecule has 1 aliphatic carbocycles. The molecule has 0 unspecified atom stereocenters. The van der Waals surface area contributed by atoms with Gasteiger partial charge >= 0.3 is 0 Å². The molecule has 4 rings (SSSR count). The molecule has 2 aromatic rings. The highest BCUT2D eigenvalue weighted by molar-refractivity contribution is 7.90. The summed E-state index contributed by atoms with van der Waals surface area (Å²) in [5.41, 5.74) is 1.10. The fourth-order valence-corrected chi connectivity index (χ4v) is 5.03. The van der Waals surface area contributed by atoms with Crippen molar-refractivity contribution in [2.75, 3.05) is 6.54 Å².